The average molecular weight is 296 g/mol. The lowest BCUT2D eigenvalue weighted by Gasteiger charge is -2.23. The number of rotatable bonds is 7. The second-order valence-corrected chi connectivity index (χ2v) is 5.45. The van der Waals surface area contributed by atoms with Crippen LogP contribution in [0.5, 0.6) is 11.5 Å². The molecule has 6 nitrogen and oxygen atoms in total. The monoisotopic (exact) mass is 296 g/mol. The maximum Gasteiger partial charge on any atom is 0.237 e. The second-order valence-electron chi connectivity index (χ2n) is 5.45. The molecule has 1 unspecified atom stereocenters. The molecule has 1 aromatic rings. The normalized spacial score (nSPS) is 14.0. The molecule has 2 atom stereocenters. The predicted octanol–water partition coefficient (Wildman–Crippen LogP) is 0.755. The van der Waals surface area contributed by atoms with Gasteiger partial charge in [0.25, 0.3) is 0 Å². The van der Waals surface area contributed by atoms with Crippen molar-refractivity contribution in [1.29, 1.82) is 0 Å². The number of aromatic hydroxyl groups is 2. The van der Waals surface area contributed by atoms with Crippen molar-refractivity contribution in [2.24, 2.45) is 11.7 Å². The molecule has 0 aromatic heterocycles. The summed E-state index contributed by atoms with van der Waals surface area (Å²) in [6.07, 6.45) is 0.275. The summed E-state index contributed by atoms with van der Waals surface area (Å²) in [4.78, 5) is 12.1. The summed E-state index contributed by atoms with van der Waals surface area (Å²) < 4.78 is 5.08. The van der Waals surface area contributed by atoms with Gasteiger partial charge in [-0.15, -0.1) is 0 Å². The number of nitrogens with two attached hydrogens (primary N) is 1. The Morgan fingerprint density at radius 1 is 1.33 bits per heavy atom. The number of phenols is 2. The quantitative estimate of drug-likeness (QED) is 0.556. The number of carbonyl (C=O) groups is 1. The van der Waals surface area contributed by atoms with Crippen molar-refractivity contribution in [3.05, 3.63) is 23.8 Å². The van der Waals surface area contributed by atoms with Crippen molar-refractivity contribution < 1.29 is 19.7 Å². The van der Waals surface area contributed by atoms with E-state index >= 15 is 0 Å². The zero-order chi connectivity index (χ0) is 16.0. The summed E-state index contributed by atoms with van der Waals surface area (Å²) in [5.74, 6) is -0.451. The minimum atomic E-state index is -0.730. The van der Waals surface area contributed by atoms with Gasteiger partial charge in [-0.1, -0.05) is 19.9 Å². The van der Waals surface area contributed by atoms with Crippen LogP contribution in [-0.4, -0.2) is 41.9 Å². The van der Waals surface area contributed by atoms with Gasteiger partial charge in [0.05, 0.1) is 18.7 Å². The molecule has 1 rings (SSSR count). The topological polar surface area (TPSA) is 105 Å². The van der Waals surface area contributed by atoms with Gasteiger partial charge in [0.1, 0.15) is 0 Å². The smallest absolute Gasteiger partial charge is 0.237 e. The number of carbonyl (C=O) groups excluding carboxylic acids is 1. The fourth-order valence-corrected chi connectivity index (χ4v) is 1.91. The van der Waals surface area contributed by atoms with E-state index in [1.807, 2.05) is 13.8 Å². The van der Waals surface area contributed by atoms with E-state index < -0.39 is 6.04 Å². The Balaban J connectivity index is 2.63. The highest BCUT2D eigenvalue weighted by atomic mass is 16.5. The Kier molecular flexibility index (Phi) is 6.45. The van der Waals surface area contributed by atoms with E-state index in [0.29, 0.717) is 12.2 Å². The van der Waals surface area contributed by atoms with E-state index in [1.54, 1.807) is 13.2 Å². The van der Waals surface area contributed by atoms with Crippen LogP contribution in [0, 0.1) is 5.92 Å². The number of ether oxygens (including phenoxy) is 1. The van der Waals surface area contributed by atoms with E-state index in [-0.39, 0.29) is 35.8 Å². The van der Waals surface area contributed by atoms with E-state index in [4.69, 9.17) is 10.5 Å². The second kappa shape index (κ2) is 7.85. The molecule has 0 saturated heterocycles. The van der Waals surface area contributed by atoms with Crippen molar-refractivity contribution in [2.45, 2.75) is 32.4 Å². The molecule has 1 aromatic carbocycles. The summed E-state index contributed by atoms with van der Waals surface area (Å²) in [6.45, 7) is 4.41. The molecule has 0 radical (unpaired) electrons. The first kappa shape index (κ1) is 17.3. The number of amides is 1. The van der Waals surface area contributed by atoms with Gasteiger partial charge in [0, 0.05) is 7.11 Å². The van der Waals surface area contributed by atoms with Crippen LogP contribution < -0.4 is 11.1 Å². The molecular formula is C15H24N2O4. The van der Waals surface area contributed by atoms with Gasteiger partial charge in [-0.2, -0.15) is 0 Å². The van der Waals surface area contributed by atoms with Crippen LogP contribution in [0.15, 0.2) is 18.2 Å². The molecule has 0 aliphatic heterocycles. The van der Waals surface area contributed by atoms with Crippen molar-refractivity contribution >= 4 is 5.91 Å². The first-order valence-electron chi connectivity index (χ1n) is 6.91. The number of methoxy groups -OCH3 is 1. The minimum absolute atomic E-state index is 0.0956. The fraction of sp³-hybridized carbons (Fsp3) is 0.533. The maximum absolute atomic E-state index is 12.1. The van der Waals surface area contributed by atoms with Gasteiger partial charge in [-0.25, -0.2) is 0 Å². The third kappa shape index (κ3) is 5.24. The summed E-state index contributed by atoms with van der Waals surface area (Å²) in [6, 6.07) is 3.57. The van der Waals surface area contributed by atoms with Crippen LogP contribution in [0.1, 0.15) is 19.4 Å². The molecular weight excluding hydrogens is 272 g/mol. The van der Waals surface area contributed by atoms with E-state index in [1.165, 1.54) is 12.1 Å². The van der Waals surface area contributed by atoms with Gasteiger partial charge in [-0.05, 0) is 30.0 Å². The van der Waals surface area contributed by atoms with Gasteiger partial charge >= 0.3 is 0 Å². The van der Waals surface area contributed by atoms with Gasteiger partial charge < -0.3 is 26.0 Å². The van der Waals surface area contributed by atoms with Crippen LogP contribution in [0.2, 0.25) is 0 Å². The van der Waals surface area contributed by atoms with Crippen molar-refractivity contribution in [2.75, 3.05) is 13.7 Å². The summed E-state index contributed by atoms with van der Waals surface area (Å²) in [7, 11) is 1.58. The van der Waals surface area contributed by atoms with Crippen LogP contribution in [0.25, 0.3) is 0 Å². The molecule has 118 valence electrons. The lowest BCUT2D eigenvalue weighted by molar-refractivity contribution is -0.123. The number of hydrogen-bond donors (Lipinski definition) is 4. The molecule has 0 bridgehead atoms. The predicted molar refractivity (Wildman–Crippen MR) is 80.1 cm³/mol. The van der Waals surface area contributed by atoms with Crippen LogP contribution in [0.3, 0.4) is 0 Å². The molecule has 6 heteroatoms. The van der Waals surface area contributed by atoms with E-state index in [9.17, 15) is 15.0 Å². The van der Waals surface area contributed by atoms with Gasteiger partial charge in [-0.3, -0.25) is 4.79 Å². The molecule has 0 saturated carbocycles. The lowest BCUT2D eigenvalue weighted by Crippen LogP contribution is -2.49. The standard InChI is InChI=1S/C15H24N2O4/c1-9(2)12(8-21-3)17-15(20)11(16)6-10-4-5-13(18)14(19)7-10/h4-5,7,9,11-12,18-19H,6,8,16H2,1-3H3,(H,17,20)/t11-,12?/m0/s1. The SMILES string of the molecule is COCC(NC(=O)[C@@H](N)Cc1ccc(O)c(O)c1)C(C)C. The van der Waals surface area contributed by atoms with Crippen molar-refractivity contribution in [3.63, 3.8) is 0 Å². The van der Waals surface area contributed by atoms with E-state index in [0.717, 1.165) is 0 Å². The molecule has 0 heterocycles. The summed E-state index contributed by atoms with van der Waals surface area (Å²) in [5.41, 5.74) is 6.57. The molecule has 1 amide bonds. The Morgan fingerprint density at radius 3 is 2.52 bits per heavy atom. The molecule has 5 N–H and O–H groups in total. The van der Waals surface area contributed by atoms with Gasteiger partial charge in [0.15, 0.2) is 11.5 Å². The van der Waals surface area contributed by atoms with Crippen LogP contribution in [-0.2, 0) is 16.0 Å². The Hall–Kier alpha value is -1.79. The zero-order valence-electron chi connectivity index (χ0n) is 12.7. The number of benzene rings is 1. The highest BCUT2D eigenvalue weighted by Crippen LogP contribution is 2.25. The molecule has 0 aliphatic rings. The lowest BCUT2D eigenvalue weighted by atomic mass is 10.0. The average Bonchev–Trinajstić information content (AvgIpc) is 2.42. The first-order valence-corrected chi connectivity index (χ1v) is 6.91. The third-order valence-corrected chi connectivity index (χ3v) is 3.31. The van der Waals surface area contributed by atoms with Crippen molar-refractivity contribution in [3.8, 4) is 11.5 Å². The number of hydrogen-bond acceptors (Lipinski definition) is 5. The van der Waals surface area contributed by atoms with E-state index in [2.05, 4.69) is 5.32 Å². The maximum atomic E-state index is 12.1. The summed E-state index contributed by atoms with van der Waals surface area (Å²) >= 11 is 0. The molecule has 0 fully saturated rings. The summed E-state index contributed by atoms with van der Waals surface area (Å²) in [5, 5.41) is 21.5. The zero-order valence-corrected chi connectivity index (χ0v) is 12.7. The van der Waals surface area contributed by atoms with Crippen LogP contribution in [0.4, 0.5) is 0 Å². The molecule has 0 spiro atoms. The molecule has 21 heavy (non-hydrogen) atoms. The number of nitrogens with one attached hydrogen (secondary N) is 1. The number of phenolic OH excluding ortho intramolecular Hbond substituents is 2. The third-order valence-electron chi connectivity index (χ3n) is 3.31. The Bertz CT molecular complexity index is 477. The highest BCUT2D eigenvalue weighted by molar-refractivity contribution is 5.82. The minimum Gasteiger partial charge on any atom is -0.504 e. The largest absolute Gasteiger partial charge is 0.504 e. The Labute approximate surface area is 124 Å². The van der Waals surface area contributed by atoms with Crippen molar-refractivity contribution in [1.82, 2.24) is 5.32 Å². The Morgan fingerprint density at radius 2 is 2.00 bits per heavy atom. The highest BCUT2D eigenvalue weighted by Gasteiger charge is 2.20. The molecule has 0 aliphatic carbocycles. The fourth-order valence-electron chi connectivity index (χ4n) is 1.91. The first-order chi connectivity index (χ1) is 9.85. The van der Waals surface area contributed by atoms with Gasteiger partial charge in [0.2, 0.25) is 5.91 Å². The van der Waals surface area contributed by atoms with Crippen LogP contribution >= 0.6 is 0 Å².